The van der Waals surface area contributed by atoms with Crippen LogP contribution < -0.4 is 0 Å². The Labute approximate surface area is 193 Å². The third kappa shape index (κ3) is 5.38. The number of carbonyl (C=O) groups excluding carboxylic acids is 1. The Balaban J connectivity index is 3.55. The second kappa shape index (κ2) is 10.9. The van der Waals surface area contributed by atoms with Crippen molar-refractivity contribution in [1.82, 2.24) is 0 Å². The van der Waals surface area contributed by atoms with Gasteiger partial charge in [-0.1, -0.05) is 83.1 Å². The molecule has 1 heterocycles. The van der Waals surface area contributed by atoms with Crippen molar-refractivity contribution in [2.75, 3.05) is 0 Å². The molecule has 0 aromatic heterocycles. The first-order chi connectivity index (χ1) is 14.1. The van der Waals surface area contributed by atoms with E-state index in [2.05, 4.69) is 83.1 Å². The minimum atomic E-state index is -2.32. The summed E-state index contributed by atoms with van der Waals surface area (Å²) < 4.78 is 19.9. The first-order valence-corrected chi connectivity index (χ1v) is 16.5. The Morgan fingerprint density at radius 1 is 0.677 bits per heavy atom. The highest BCUT2D eigenvalue weighted by atomic mass is 28.4. The normalized spacial score (nSPS) is 25.8. The monoisotopic (exact) mass is 474 g/mol. The topological polar surface area (TPSA) is 65.0 Å². The van der Waals surface area contributed by atoms with Gasteiger partial charge in [0.2, 0.25) is 16.6 Å². The van der Waals surface area contributed by atoms with Crippen LogP contribution in [-0.4, -0.2) is 52.1 Å². The lowest BCUT2D eigenvalue weighted by Gasteiger charge is -2.48. The second-order valence-electron chi connectivity index (χ2n) is 11.4. The van der Waals surface area contributed by atoms with Gasteiger partial charge in [-0.25, -0.2) is 0 Å². The van der Waals surface area contributed by atoms with E-state index in [9.17, 15) is 9.90 Å². The van der Waals surface area contributed by atoms with E-state index in [1.165, 1.54) is 6.92 Å². The molecule has 1 unspecified atom stereocenters. The van der Waals surface area contributed by atoms with Crippen LogP contribution in [0, 0.1) is 0 Å². The molecule has 0 spiro atoms. The number of hydrogen-bond donors (Lipinski definition) is 1. The summed E-state index contributed by atoms with van der Waals surface area (Å²) in [6.07, 6.45) is -3.16. The Kier molecular flexibility index (Phi) is 10.2. The zero-order valence-electron chi connectivity index (χ0n) is 22.4. The molecule has 0 aromatic rings. The highest BCUT2D eigenvalue weighted by Gasteiger charge is 2.58. The quantitative estimate of drug-likeness (QED) is 0.350. The summed E-state index contributed by atoms with van der Waals surface area (Å²) in [5, 5.41) is 11.0. The molecular formula is C24H50O5Si2. The first kappa shape index (κ1) is 29.0. The van der Waals surface area contributed by atoms with E-state index in [0.29, 0.717) is 33.2 Å². The molecule has 5 nitrogen and oxygen atoms in total. The lowest BCUT2D eigenvalue weighted by atomic mass is 10.1. The van der Waals surface area contributed by atoms with Crippen LogP contribution in [0.3, 0.4) is 0 Å². The van der Waals surface area contributed by atoms with Gasteiger partial charge in [-0.2, -0.15) is 0 Å². The van der Waals surface area contributed by atoms with Crippen molar-refractivity contribution in [3.8, 4) is 0 Å². The van der Waals surface area contributed by atoms with Gasteiger partial charge in [-0.15, -0.1) is 0 Å². The minimum Gasteiger partial charge on any atom is -0.407 e. The predicted molar refractivity (Wildman–Crippen MR) is 133 cm³/mol. The van der Waals surface area contributed by atoms with Gasteiger partial charge in [0, 0.05) is 0 Å². The standard InChI is InChI=1S/C24H50O5Si2/c1-14(2)30(15(3)4,16(5)6)28-22-21(20(13)25)27-24(26)23(22)29-31(17(7)8,18(9)10)19(11)12/h14-19,21-24,26H,1-13H3/t21-,22-,23+,24?/m1/s1. The number of aliphatic hydroxyl groups is 1. The van der Waals surface area contributed by atoms with Gasteiger partial charge >= 0.3 is 0 Å². The lowest BCUT2D eigenvalue weighted by molar-refractivity contribution is -0.146. The summed E-state index contributed by atoms with van der Waals surface area (Å²) in [5.74, 6) is -0.111. The van der Waals surface area contributed by atoms with Crippen molar-refractivity contribution in [2.24, 2.45) is 0 Å². The third-order valence-corrected chi connectivity index (χ3v) is 19.9. The number of Topliss-reactive ketones (excluding diaryl/α,β-unsaturated/α-hetero) is 1. The molecule has 31 heavy (non-hydrogen) atoms. The summed E-state index contributed by atoms with van der Waals surface area (Å²) >= 11 is 0. The van der Waals surface area contributed by atoms with Crippen molar-refractivity contribution in [3.63, 3.8) is 0 Å². The average Bonchev–Trinajstić information content (AvgIpc) is 2.90. The van der Waals surface area contributed by atoms with Crippen molar-refractivity contribution in [2.45, 2.75) is 148 Å². The maximum atomic E-state index is 12.6. The van der Waals surface area contributed by atoms with Crippen molar-refractivity contribution >= 4 is 22.4 Å². The average molecular weight is 475 g/mol. The van der Waals surface area contributed by atoms with E-state index >= 15 is 0 Å². The molecule has 0 amide bonds. The smallest absolute Gasteiger partial charge is 0.201 e. The van der Waals surface area contributed by atoms with Gasteiger partial charge in [0.25, 0.3) is 0 Å². The van der Waals surface area contributed by atoms with Crippen LogP contribution in [0.15, 0.2) is 0 Å². The van der Waals surface area contributed by atoms with Crippen LogP contribution in [0.4, 0.5) is 0 Å². The summed E-state index contributed by atoms with van der Waals surface area (Å²) in [5.41, 5.74) is 2.17. The molecule has 1 fully saturated rings. The number of aliphatic hydroxyl groups excluding tert-OH is 1. The summed E-state index contributed by atoms with van der Waals surface area (Å²) in [6, 6.07) is 0. The number of carbonyl (C=O) groups is 1. The van der Waals surface area contributed by atoms with E-state index < -0.39 is 41.2 Å². The van der Waals surface area contributed by atoms with Crippen molar-refractivity contribution in [3.05, 3.63) is 0 Å². The van der Waals surface area contributed by atoms with E-state index in [0.717, 1.165) is 0 Å². The molecule has 0 aliphatic carbocycles. The maximum absolute atomic E-state index is 12.6. The van der Waals surface area contributed by atoms with Gasteiger partial charge < -0.3 is 18.7 Å². The molecule has 7 heteroatoms. The fourth-order valence-electron chi connectivity index (χ4n) is 6.51. The highest BCUT2D eigenvalue weighted by molar-refractivity contribution is 6.78. The third-order valence-electron chi connectivity index (χ3n) is 7.68. The molecule has 0 radical (unpaired) electrons. The van der Waals surface area contributed by atoms with Gasteiger partial charge in [-0.3, -0.25) is 4.79 Å². The Hall–Kier alpha value is -0.0562. The Morgan fingerprint density at radius 3 is 1.23 bits per heavy atom. The summed E-state index contributed by atoms with van der Waals surface area (Å²) in [4.78, 5) is 12.6. The molecule has 1 rings (SSSR count). The largest absolute Gasteiger partial charge is 0.407 e. The lowest BCUT2D eigenvalue weighted by Crippen LogP contribution is -2.58. The summed E-state index contributed by atoms with van der Waals surface area (Å²) in [7, 11) is -4.63. The molecule has 4 atom stereocenters. The highest BCUT2D eigenvalue weighted by Crippen LogP contribution is 2.48. The minimum absolute atomic E-state index is 0.111. The fourth-order valence-corrected chi connectivity index (χ4v) is 17.6. The number of ketones is 1. The SMILES string of the molecule is CC(=O)[C@H]1OC(O)[C@@H](O[Si](C(C)C)(C(C)C)C(C)C)[C@@H]1O[Si](C(C)C)(C(C)C)C(C)C. The van der Waals surface area contributed by atoms with E-state index in [-0.39, 0.29) is 5.78 Å². The van der Waals surface area contributed by atoms with Crippen LogP contribution in [0.5, 0.6) is 0 Å². The number of rotatable bonds is 11. The van der Waals surface area contributed by atoms with E-state index in [1.54, 1.807) is 0 Å². The zero-order valence-corrected chi connectivity index (χ0v) is 24.4. The van der Waals surface area contributed by atoms with E-state index in [4.69, 9.17) is 13.6 Å². The Bertz CT molecular complexity index is 545. The predicted octanol–water partition coefficient (Wildman–Crippen LogP) is 6.41. The molecule has 1 aliphatic heterocycles. The van der Waals surface area contributed by atoms with E-state index in [1.807, 2.05) is 0 Å². The van der Waals surface area contributed by atoms with Crippen LogP contribution in [0.25, 0.3) is 0 Å². The number of hydrogen-bond acceptors (Lipinski definition) is 5. The van der Waals surface area contributed by atoms with Crippen molar-refractivity contribution in [1.29, 1.82) is 0 Å². The molecular weight excluding hydrogens is 424 g/mol. The molecule has 184 valence electrons. The molecule has 0 bridgehead atoms. The first-order valence-electron chi connectivity index (χ1n) is 12.3. The van der Waals surface area contributed by atoms with Crippen LogP contribution in [0.2, 0.25) is 33.2 Å². The molecule has 0 aromatic carbocycles. The maximum Gasteiger partial charge on any atom is 0.201 e. The fraction of sp³-hybridized carbons (Fsp3) is 0.958. The zero-order chi connectivity index (χ0) is 24.5. The molecule has 1 N–H and O–H groups in total. The molecule has 1 saturated heterocycles. The van der Waals surface area contributed by atoms with Crippen LogP contribution in [-0.2, 0) is 18.4 Å². The van der Waals surface area contributed by atoms with Crippen molar-refractivity contribution < 1.29 is 23.5 Å². The van der Waals surface area contributed by atoms with Gasteiger partial charge in [0.1, 0.15) is 18.3 Å². The summed E-state index contributed by atoms with van der Waals surface area (Å²) in [6.45, 7) is 28.2. The molecule has 1 aliphatic rings. The second-order valence-corrected chi connectivity index (χ2v) is 22.2. The van der Waals surface area contributed by atoms with Crippen LogP contribution >= 0.6 is 0 Å². The van der Waals surface area contributed by atoms with Gasteiger partial charge in [-0.05, 0) is 40.2 Å². The number of ether oxygens (including phenoxy) is 1. The van der Waals surface area contributed by atoms with Crippen LogP contribution in [0.1, 0.15) is 90.0 Å². The molecule has 0 saturated carbocycles. The van der Waals surface area contributed by atoms with Gasteiger partial charge in [0.15, 0.2) is 12.1 Å². The van der Waals surface area contributed by atoms with Gasteiger partial charge in [0.05, 0.1) is 0 Å². The Morgan fingerprint density at radius 2 is 0.968 bits per heavy atom.